The second-order valence-corrected chi connectivity index (χ2v) is 5.67. The van der Waals surface area contributed by atoms with E-state index in [9.17, 15) is 4.79 Å². The molecule has 1 N–H and O–H groups in total. The maximum atomic E-state index is 12.5. The van der Waals surface area contributed by atoms with E-state index < -0.39 is 0 Å². The van der Waals surface area contributed by atoms with Gasteiger partial charge in [0.25, 0.3) is 5.91 Å². The van der Waals surface area contributed by atoms with E-state index >= 15 is 0 Å². The number of amides is 1. The number of allylic oxidation sites excluding steroid dienone is 2. The normalized spacial score (nSPS) is 16.4. The van der Waals surface area contributed by atoms with Crippen LogP contribution in [0.15, 0.2) is 72.4 Å². The van der Waals surface area contributed by atoms with E-state index in [-0.39, 0.29) is 5.91 Å². The molecule has 0 spiro atoms. The highest BCUT2D eigenvalue weighted by molar-refractivity contribution is 7.80. The summed E-state index contributed by atoms with van der Waals surface area (Å²) in [5, 5.41) is 3.72. The lowest BCUT2D eigenvalue weighted by molar-refractivity contribution is -0.113. The second kappa shape index (κ2) is 6.77. The Kier molecular flexibility index (Phi) is 4.55. The first-order valence-electron chi connectivity index (χ1n) is 7.00. The van der Waals surface area contributed by atoms with Gasteiger partial charge < -0.3 is 5.32 Å². The van der Waals surface area contributed by atoms with E-state index in [1.807, 2.05) is 54.6 Å². The minimum absolute atomic E-state index is 0.221. The van der Waals surface area contributed by atoms with E-state index in [0.717, 1.165) is 5.56 Å². The van der Waals surface area contributed by atoms with Gasteiger partial charge in [-0.1, -0.05) is 66.2 Å². The highest BCUT2D eigenvalue weighted by atomic mass is 35.5. The fourth-order valence-corrected chi connectivity index (χ4v) is 2.73. The molecule has 1 heterocycles. The minimum atomic E-state index is -0.221. The van der Waals surface area contributed by atoms with Gasteiger partial charge in [0.15, 0.2) is 5.11 Å². The molecule has 0 radical (unpaired) electrons. The molecule has 0 atom stereocenters. The molecule has 0 unspecified atom stereocenters. The Bertz CT molecular complexity index is 815. The van der Waals surface area contributed by atoms with Crippen molar-refractivity contribution in [2.45, 2.75) is 0 Å². The molecule has 114 valence electrons. The lowest BCUT2D eigenvalue weighted by atomic mass is 10.2. The summed E-state index contributed by atoms with van der Waals surface area (Å²) in [6.07, 6.45) is 5.44. The van der Waals surface area contributed by atoms with Crippen LogP contribution in [-0.4, -0.2) is 11.0 Å². The van der Waals surface area contributed by atoms with Crippen LogP contribution >= 0.6 is 23.8 Å². The molecular weight excluding hydrogens is 328 g/mol. The van der Waals surface area contributed by atoms with E-state index in [0.29, 0.717) is 21.5 Å². The number of carbonyl (C=O) groups excluding carboxylic acids is 1. The Balaban J connectivity index is 1.83. The van der Waals surface area contributed by atoms with Crippen molar-refractivity contribution in [2.75, 3.05) is 4.90 Å². The van der Waals surface area contributed by atoms with Crippen LogP contribution in [0.4, 0.5) is 5.69 Å². The molecule has 1 aliphatic rings. The van der Waals surface area contributed by atoms with E-state index in [4.69, 9.17) is 23.8 Å². The Labute approximate surface area is 144 Å². The van der Waals surface area contributed by atoms with Crippen LogP contribution in [0.3, 0.4) is 0 Å². The van der Waals surface area contributed by atoms with Gasteiger partial charge >= 0.3 is 0 Å². The van der Waals surface area contributed by atoms with Crippen molar-refractivity contribution >= 4 is 46.6 Å². The second-order valence-electron chi connectivity index (χ2n) is 4.87. The number of halogens is 1. The highest BCUT2D eigenvalue weighted by Crippen LogP contribution is 2.28. The molecule has 1 amide bonds. The van der Waals surface area contributed by atoms with Crippen molar-refractivity contribution in [3.05, 3.63) is 83.0 Å². The monoisotopic (exact) mass is 340 g/mol. The standard InChI is InChI=1S/C18H13ClN2OS/c19-14-10-4-5-12-16(14)21-17(22)15(20-18(21)23)11-6-9-13-7-2-1-3-8-13/h1-12H,(H,20,23)/b9-6+,15-11+. The van der Waals surface area contributed by atoms with E-state index in [1.165, 1.54) is 4.90 Å². The quantitative estimate of drug-likeness (QED) is 0.672. The smallest absolute Gasteiger partial charge is 0.281 e. The summed E-state index contributed by atoms with van der Waals surface area (Å²) in [5.41, 5.74) is 2.05. The fourth-order valence-electron chi connectivity index (χ4n) is 2.22. The van der Waals surface area contributed by atoms with Crippen LogP contribution in [0.1, 0.15) is 5.56 Å². The topological polar surface area (TPSA) is 32.3 Å². The van der Waals surface area contributed by atoms with Gasteiger partial charge in [0.05, 0.1) is 10.7 Å². The van der Waals surface area contributed by atoms with Gasteiger partial charge in [-0.2, -0.15) is 0 Å². The molecule has 1 fully saturated rings. The number of thiocarbonyl (C=S) groups is 1. The number of nitrogens with one attached hydrogen (secondary N) is 1. The molecular formula is C18H13ClN2OS. The molecule has 0 aliphatic carbocycles. The van der Waals surface area contributed by atoms with Crippen molar-refractivity contribution < 1.29 is 4.79 Å². The molecule has 0 saturated carbocycles. The van der Waals surface area contributed by atoms with Crippen molar-refractivity contribution in [3.8, 4) is 0 Å². The van der Waals surface area contributed by atoms with E-state index in [2.05, 4.69) is 5.32 Å². The largest absolute Gasteiger partial charge is 0.327 e. The number of carbonyl (C=O) groups is 1. The van der Waals surface area contributed by atoms with Crippen LogP contribution < -0.4 is 10.2 Å². The number of anilines is 1. The lowest BCUT2D eigenvalue weighted by Crippen LogP contribution is -2.30. The van der Waals surface area contributed by atoms with Crippen LogP contribution in [0.2, 0.25) is 5.02 Å². The Morgan fingerprint density at radius 2 is 1.74 bits per heavy atom. The predicted octanol–water partition coefficient (Wildman–Crippen LogP) is 4.16. The van der Waals surface area contributed by atoms with Crippen LogP contribution in [0.25, 0.3) is 6.08 Å². The number of benzene rings is 2. The summed E-state index contributed by atoms with van der Waals surface area (Å²) in [4.78, 5) is 13.9. The number of para-hydroxylation sites is 1. The molecule has 2 aromatic rings. The fraction of sp³-hybridized carbons (Fsp3) is 0. The summed E-state index contributed by atoms with van der Waals surface area (Å²) in [6.45, 7) is 0. The Hall–Kier alpha value is -2.43. The van der Waals surface area contributed by atoms with Crippen molar-refractivity contribution in [1.82, 2.24) is 5.32 Å². The van der Waals surface area contributed by atoms with Gasteiger partial charge in [0, 0.05) is 0 Å². The maximum Gasteiger partial charge on any atom is 0.281 e. The number of rotatable bonds is 3. The minimum Gasteiger partial charge on any atom is -0.327 e. The zero-order valence-corrected chi connectivity index (χ0v) is 13.6. The van der Waals surface area contributed by atoms with Gasteiger partial charge in [-0.05, 0) is 36.0 Å². The summed E-state index contributed by atoms with van der Waals surface area (Å²) in [6, 6.07) is 17.0. The number of hydrogen-bond acceptors (Lipinski definition) is 2. The van der Waals surface area contributed by atoms with Crippen molar-refractivity contribution in [1.29, 1.82) is 0 Å². The highest BCUT2D eigenvalue weighted by Gasteiger charge is 2.32. The third kappa shape index (κ3) is 3.33. The first-order valence-corrected chi connectivity index (χ1v) is 7.79. The van der Waals surface area contributed by atoms with Gasteiger partial charge in [-0.3, -0.25) is 9.69 Å². The third-order valence-corrected chi connectivity index (χ3v) is 3.93. The molecule has 5 heteroatoms. The first kappa shape index (κ1) is 15.5. The zero-order chi connectivity index (χ0) is 16.2. The third-order valence-electron chi connectivity index (χ3n) is 3.32. The van der Waals surface area contributed by atoms with E-state index in [1.54, 1.807) is 18.2 Å². The van der Waals surface area contributed by atoms with Gasteiger partial charge in [0.2, 0.25) is 0 Å². The molecule has 0 aromatic heterocycles. The summed E-state index contributed by atoms with van der Waals surface area (Å²) in [7, 11) is 0. The number of hydrogen-bond donors (Lipinski definition) is 1. The molecule has 2 aromatic carbocycles. The van der Waals surface area contributed by atoms with Crippen LogP contribution in [0, 0.1) is 0 Å². The lowest BCUT2D eigenvalue weighted by Gasteiger charge is -2.15. The van der Waals surface area contributed by atoms with Gasteiger partial charge in [0.1, 0.15) is 5.70 Å². The molecule has 3 nitrogen and oxygen atoms in total. The molecule has 1 aliphatic heterocycles. The van der Waals surface area contributed by atoms with Crippen molar-refractivity contribution in [2.24, 2.45) is 0 Å². The average Bonchev–Trinajstić information content (AvgIpc) is 2.83. The first-order chi connectivity index (χ1) is 11.2. The summed E-state index contributed by atoms with van der Waals surface area (Å²) in [5.74, 6) is -0.221. The number of nitrogens with zero attached hydrogens (tertiary/aromatic N) is 1. The molecule has 3 rings (SSSR count). The molecule has 1 saturated heterocycles. The SMILES string of the molecule is O=C1/C(=C\C=C\c2ccccc2)NC(=S)N1c1ccccc1Cl. The van der Waals surface area contributed by atoms with Crippen LogP contribution in [-0.2, 0) is 4.79 Å². The van der Waals surface area contributed by atoms with Crippen molar-refractivity contribution in [3.63, 3.8) is 0 Å². The Morgan fingerprint density at radius 3 is 2.48 bits per heavy atom. The maximum absolute atomic E-state index is 12.5. The zero-order valence-electron chi connectivity index (χ0n) is 12.1. The van der Waals surface area contributed by atoms with Gasteiger partial charge in [-0.15, -0.1) is 0 Å². The summed E-state index contributed by atoms with van der Waals surface area (Å²) >= 11 is 11.4. The Morgan fingerprint density at radius 1 is 1.04 bits per heavy atom. The van der Waals surface area contributed by atoms with Gasteiger partial charge in [-0.25, -0.2) is 0 Å². The summed E-state index contributed by atoms with van der Waals surface area (Å²) < 4.78 is 0. The van der Waals surface area contributed by atoms with Crippen LogP contribution in [0.5, 0.6) is 0 Å². The molecule has 0 bridgehead atoms. The average molecular weight is 341 g/mol. The molecule has 23 heavy (non-hydrogen) atoms. The predicted molar refractivity (Wildman–Crippen MR) is 98.2 cm³/mol.